The molecule has 0 aliphatic carbocycles. The Morgan fingerprint density at radius 1 is 1.15 bits per heavy atom. The minimum absolute atomic E-state index is 0.113. The molecule has 20 heavy (non-hydrogen) atoms. The van der Waals surface area contributed by atoms with Crippen LogP contribution < -0.4 is 5.32 Å². The molecule has 0 aliphatic heterocycles. The van der Waals surface area contributed by atoms with E-state index in [9.17, 15) is 9.18 Å². The lowest BCUT2D eigenvalue weighted by Gasteiger charge is -2.07. The van der Waals surface area contributed by atoms with Gasteiger partial charge in [0.1, 0.15) is 12.4 Å². The van der Waals surface area contributed by atoms with E-state index in [0.29, 0.717) is 11.1 Å². The molecule has 0 atom stereocenters. The van der Waals surface area contributed by atoms with Crippen LogP contribution >= 0.6 is 0 Å². The number of anilines is 1. The Bertz CT molecular complexity index is 686. The predicted molar refractivity (Wildman–Crippen MR) is 74.8 cm³/mol. The molecule has 100 valence electrons. The van der Waals surface area contributed by atoms with Gasteiger partial charge in [-0.05, 0) is 24.3 Å². The van der Waals surface area contributed by atoms with Crippen LogP contribution in [0.3, 0.4) is 0 Å². The highest BCUT2D eigenvalue weighted by atomic mass is 19.1. The molecule has 0 spiro atoms. The maximum Gasteiger partial charge on any atom is 0.257 e. The smallest absolute Gasteiger partial charge is 0.257 e. The third-order valence-electron chi connectivity index (χ3n) is 2.60. The van der Waals surface area contributed by atoms with E-state index in [-0.39, 0.29) is 12.3 Å². The van der Waals surface area contributed by atoms with Gasteiger partial charge in [0.05, 0.1) is 11.3 Å². The zero-order chi connectivity index (χ0) is 14.4. The van der Waals surface area contributed by atoms with E-state index in [1.165, 1.54) is 12.1 Å². The second-order valence-corrected chi connectivity index (χ2v) is 3.94. The predicted octanol–water partition coefficient (Wildman–Crippen LogP) is 2.42. The molecular weight excluding hydrogens is 257 g/mol. The van der Waals surface area contributed by atoms with E-state index < -0.39 is 11.7 Å². The lowest BCUT2D eigenvalue weighted by Crippen LogP contribution is -2.14. The zero-order valence-electron chi connectivity index (χ0n) is 10.6. The number of carbonyl (C=O) groups excluding carboxylic acids is 1. The number of para-hydroxylation sites is 1. The maximum absolute atomic E-state index is 13.5. The molecular formula is C16H12FNO2. The van der Waals surface area contributed by atoms with Gasteiger partial charge >= 0.3 is 0 Å². The maximum atomic E-state index is 13.5. The third kappa shape index (κ3) is 3.22. The molecule has 0 saturated carbocycles. The van der Waals surface area contributed by atoms with Crippen molar-refractivity contribution in [2.75, 3.05) is 11.9 Å². The van der Waals surface area contributed by atoms with Crippen molar-refractivity contribution >= 4 is 11.6 Å². The first-order valence-electron chi connectivity index (χ1n) is 5.97. The summed E-state index contributed by atoms with van der Waals surface area (Å²) >= 11 is 0. The third-order valence-corrected chi connectivity index (χ3v) is 2.60. The minimum atomic E-state index is -0.500. The number of aliphatic hydroxyl groups excluding tert-OH is 1. The van der Waals surface area contributed by atoms with Gasteiger partial charge < -0.3 is 10.4 Å². The van der Waals surface area contributed by atoms with E-state index >= 15 is 0 Å². The van der Waals surface area contributed by atoms with Crippen LogP contribution in [0.4, 0.5) is 10.1 Å². The average Bonchev–Trinajstić information content (AvgIpc) is 2.47. The van der Waals surface area contributed by atoms with Crippen molar-refractivity contribution in [1.29, 1.82) is 0 Å². The zero-order valence-corrected chi connectivity index (χ0v) is 10.6. The number of carbonyl (C=O) groups is 1. The SMILES string of the molecule is O=C(Nc1ccccc1F)c1ccccc1C#CCO. The van der Waals surface area contributed by atoms with Crippen molar-refractivity contribution in [3.63, 3.8) is 0 Å². The Labute approximate surface area is 116 Å². The van der Waals surface area contributed by atoms with E-state index in [4.69, 9.17) is 5.11 Å². The number of rotatable bonds is 2. The first kappa shape index (κ1) is 13.8. The molecule has 2 N–H and O–H groups in total. The summed E-state index contributed by atoms with van der Waals surface area (Å²) in [7, 11) is 0. The summed E-state index contributed by atoms with van der Waals surface area (Å²) in [6, 6.07) is 12.6. The van der Waals surface area contributed by atoms with Gasteiger partial charge in [0.25, 0.3) is 5.91 Å². The van der Waals surface area contributed by atoms with Crippen LogP contribution in [-0.2, 0) is 0 Å². The summed E-state index contributed by atoms with van der Waals surface area (Å²) in [6.45, 7) is -0.288. The van der Waals surface area contributed by atoms with Gasteiger partial charge in [-0.3, -0.25) is 4.79 Å². The molecule has 0 heterocycles. The molecule has 4 heteroatoms. The van der Waals surface area contributed by atoms with Crippen LogP contribution in [0.2, 0.25) is 0 Å². The van der Waals surface area contributed by atoms with Crippen LogP contribution in [0.25, 0.3) is 0 Å². The summed E-state index contributed by atoms with van der Waals surface area (Å²) in [5.74, 6) is 4.23. The van der Waals surface area contributed by atoms with Crippen LogP contribution in [0.1, 0.15) is 15.9 Å². The van der Waals surface area contributed by atoms with Crippen LogP contribution in [0, 0.1) is 17.7 Å². The van der Waals surface area contributed by atoms with Gasteiger partial charge in [0.15, 0.2) is 0 Å². The lowest BCUT2D eigenvalue weighted by molar-refractivity contribution is 0.102. The lowest BCUT2D eigenvalue weighted by atomic mass is 10.1. The van der Waals surface area contributed by atoms with Crippen LogP contribution in [0.5, 0.6) is 0 Å². The van der Waals surface area contributed by atoms with Crippen molar-refractivity contribution in [3.05, 3.63) is 65.5 Å². The Hall–Kier alpha value is -2.64. The van der Waals surface area contributed by atoms with Crippen molar-refractivity contribution in [1.82, 2.24) is 0 Å². The summed E-state index contributed by atoms with van der Waals surface area (Å²) < 4.78 is 13.5. The highest BCUT2D eigenvalue weighted by Crippen LogP contribution is 2.15. The standard InChI is InChI=1S/C16H12FNO2/c17-14-9-3-4-10-15(14)18-16(20)13-8-2-1-6-12(13)7-5-11-19/h1-4,6,8-10,19H,11H2,(H,18,20). The Morgan fingerprint density at radius 2 is 1.85 bits per heavy atom. The molecule has 0 aromatic heterocycles. The van der Waals surface area contributed by atoms with Gasteiger partial charge in [0, 0.05) is 5.56 Å². The molecule has 3 nitrogen and oxygen atoms in total. The number of hydrogen-bond acceptors (Lipinski definition) is 2. The van der Waals surface area contributed by atoms with Crippen LogP contribution in [0.15, 0.2) is 48.5 Å². The number of benzene rings is 2. The average molecular weight is 269 g/mol. The molecule has 0 fully saturated rings. The Morgan fingerprint density at radius 3 is 2.60 bits per heavy atom. The van der Waals surface area contributed by atoms with Crippen molar-refractivity contribution in [2.24, 2.45) is 0 Å². The Balaban J connectivity index is 2.28. The van der Waals surface area contributed by atoms with Crippen molar-refractivity contribution in [2.45, 2.75) is 0 Å². The van der Waals surface area contributed by atoms with Gasteiger partial charge in [-0.25, -0.2) is 4.39 Å². The molecule has 0 saturated heterocycles. The van der Waals surface area contributed by atoms with E-state index in [1.54, 1.807) is 36.4 Å². The summed E-state index contributed by atoms with van der Waals surface area (Å²) in [4.78, 5) is 12.1. The molecule has 0 radical (unpaired) electrons. The van der Waals surface area contributed by atoms with Crippen molar-refractivity contribution < 1.29 is 14.3 Å². The number of halogens is 1. The van der Waals surface area contributed by atoms with E-state index in [2.05, 4.69) is 17.2 Å². The molecule has 2 aromatic carbocycles. The van der Waals surface area contributed by atoms with Crippen LogP contribution in [-0.4, -0.2) is 17.6 Å². The quantitative estimate of drug-likeness (QED) is 0.823. The van der Waals surface area contributed by atoms with Crippen molar-refractivity contribution in [3.8, 4) is 11.8 Å². The Kier molecular flexibility index (Phi) is 4.48. The first-order valence-corrected chi connectivity index (χ1v) is 5.97. The summed E-state index contributed by atoms with van der Waals surface area (Å²) in [5, 5.41) is 11.2. The number of amides is 1. The molecule has 0 unspecified atom stereocenters. The van der Waals surface area contributed by atoms with Gasteiger partial charge in [-0.2, -0.15) is 0 Å². The topological polar surface area (TPSA) is 49.3 Å². The van der Waals surface area contributed by atoms with E-state index in [0.717, 1.165) is 0 Å². The van der Waals surface area contributed by atoms with E-state index in [1.807, 2.05) is 0 Å². The monoisotopic (exact) mass is 269 g/mol. The fraction of sp³-hybridized carbons (Fsp3) is 0.0625. The molecule has 2 aromatic rings. The number of hydrogen-bond donors (Lipinski definition) is 2. The minimum Gasteiger partial charge on any atom is -0.384 e. The highest BCUT2D eigenvalue weighted by molar-refractivity contribution is 6.06. The second-order valence-electron chi connectivity index (χ2n) is 3.94. The largest absolute Gasteiger partial charge is 0.384 e. The molecule has 1 amide bonds. The van der Waals surface area contributed by atoms with Gasteiger partial charge in [-0.1, -0.05) is 36.1 Å². The molecule has 0 aliphatic rings. The molecule has 2 rings (SSSR count). The normalized spacial score (nSPS) is 9.50. The summed E-state index contributed by atoms with van der Waals surface area (Å²) in [6.07, 6.45) is 0. The first-order chi connectivity index (χ1) is 9.72. The van der Waals surface area contributed by atoms with Gasteiger partial charge in [-0.15, -0.1) is 0 Å². The fourth-order valence-corrected chi connectivity index (χ4v) is 1.68. The summed E-state index contributed by atoms with van der Waals surface area (Å²) in [5.41, 5.74) is 0.925. The molecule has 0 bridgehead atoms. The second kappa shape index (κ2) is 6.50. The fourth-order valence-electron chi connectivity index (χ4n) is 1.68. The van der Waals surface area contributed by atoms with Gasteiger partial charge in [0.2, 0.25) is 0 Å². The number of nitrogens with one attached hydrogen (secondary N) is 1. The highest BCUT2D eigenvalue weighted by Gasteiger charge is 2.11. The number of aliphatic hydroxyl groups is 1.